The lowest BCUT2D eigenvalue weighted by Gasteiger charge is -2.10. The highest BCUT2D eigenvalue weighted by molar-refractivity contribution is 6.31. The van der Waals surface area contributed by atoms with Crippen LogP contribution in [0.1, 0.15) is 13.3 Å². The van der Waals surface area contributed by atoms with Crippen LogP contribution in [0.15, 0.2) is 6.20 Å². The quantitative estimate of drug-likeness (QED) is 0.893. The van der Waals surface area contributed by atoms with E-state index >= 15 is 0 Å². The zero-order valence-electron chi connectivity index (χ0n) is 9.01. The lowest BCUT2D eigenvalue weighted by molar-refractivity contribution is -0.139. The summed E-state index contributed by atoms with van der Waals surface area (Å²) in [6.07, 6.45) is -4.04. The molecule has 0 aromatic carbocycles. The Hall–Kier alpha value is -1.24. The molecule has 1 N–H and O–H groups in total. The van der Waals surface area contributed by atoms with Gasteiger partial charge >= 0.3 is 6.18 Å². The summed E-state index contributed by atoms with van der Waals surface area (Å²) < 4.78 is 40.6. The standard InChI is InChI=1S/C9H11ClF3N3O/c1-2-14-8-15-5-6(10)7(16-8)17-4-3-9(11,12)13/h5H,2-4H2,1H3,(H,14,15,16). The summed E-state index contributed by atoms with van der Waals surface area (Å²) in [5, 5.41) is 2.88. The Balaban J connectivity index is 2.60. The molecule has 0 aliphatic rings. The van der Waals surface area contributed by atoms with Gasteiger partial charge in [-0.2, -0.15) is 18.2 Å². The molecule has 0 saturated heterocycles. The number of nitrogens with one attached hydrogen (secondary N) is 1. The molecule has 8 heteroatoms. The second-order valence-electron chi connectivity index (χ2n) is 3.09. The van der Waals surface area contributed by atoms with Gasteiger partial charge < -0.3 is 10.1 Å². The zero-order chi connectivity index (χ0) is 12.9. The van der Waals surface area contributed by atoms with E-state index in [1.165, 1.54) is 6.20 Å². The average molecular weight is 270 g/mol. The van der Waals surface area contributed by atoms with E-state index in [1.807, 2.05) is 6.92 Å². The maximum absolute atomic E-state index is 11.9. The topological polar surface area (TPSA) is 47.0 Å². The molecule has 0 spiro atoms. The van der Waals surface area contributed by atoms with Crippen LogP contribution in [0.5, 0.6) is 5.88 Å². The van der Waals surface area contributed by atoms with E-state index in [-0.39, 0.29) is 16.9 Å². The van der Waals surface area contributed by atoms with E-state index in [2.05, 4.69) is 15.3 Å². The monoisotopic (exact) mass is 269 g/mol. The second kappa shape index (κ2) is 5.90. The van der Waals surface area contributed by atoms with E-state index in [1.54, 1.807) is 0 Å². The van der Waals surface area contributed by atoms with Crippen LogP contribution < -0.4 is 10.1 Å². The van der Waals surface area contributed by atoms with Gasteiger partial charge in [0, 0.05) is 6.54 Å². The van der Waals surface area contributed by atoms with E-state index < -0.39 is 19.2 Å². The van der Waals surface area contributed by atoms with E-state index in [4.69, 9.17) is 16.3 Å². The minimum Gasteiger partial charge on any atom is -0.476 e. The number of hydrogen-bond donors (Lipinski definition) is 1. The third-order valence-corrected chi connectivity index (χ3v) is 1.93. The van der Waals surface area contributed by atoms with E-state index in [0.717, 1.165) is 0 Å². The van der Waals surface area contributed by atoms with Gasteiger partial charge in [-0.05, 0) is 6.92 Å². The fraction of sp³-hybridized carbons (Fsp3) is 0.556. The Morgan fingerprint density at radius 3 is 2.76 bits per heavy atom. The number of anilines is 1. The van der Waals surface area contributed by atoms with Gasteiger partial charge in [0.25, 0.3) is 0 Å². The van der Waals surface area contributed by atoms with Gasteiger partial charge in [-0.25, -0.2) is 4.98 Å². The van der Waals surface area contributed by atoms with E-state index in [9.17, 15) is 13.2 Å². The number of alkyl halides is 3. The molecule has 17 heavy (non-hydrogen) atoms. The van der Waals surface area contributed by atoms with Crippen LogP contribution in [0.25, 0.3) is 0 Å². The Morgan fingerprint density at radius 2 is 2.18 bits per heavy atom. The first-order valence-electron chi connectivity index (χ1n) is 4.88. The van der Waals surface area contributed by atoms with Crippen molar-refractivity contribution in [2.75, 3.05) is 18.5 Å². The molecule has 0 saturated carbocycles. The van der Waals surface area contributed by atoms with Crippen LogP contribution in [0, 0.1) is 0 Å². The molecule has 96 valence electrons. The lowest BCUT2D eigenvalue weighted by atomic mass is 10.4. The number of ether oxygens (including phenoxy) is 1. The fourth-order valence-corrected chi connectivity index (χ4v) is 1.11. The van der Waals surface area contributed by atoms with Gasteiger partial charge in [0.15, 0.2) is 0 Å². The molecule has 0 aliphatic carbocycles. The molecular formula is C9H11ClF3N3O. The Labute approximate surface area is 101 Å². The van der Waals surface area contributed by atoms with Crippen molar-refractivity contribution in [1.29, 1.82) is 0 Å². The molecule has 0 bridgehead atoms. The van der Waals surface area contributed by atoms with Crippen LogP contribution in [-0.4, -0.2) is 29.3 Å². The first-order valence-corrected chi connectivity index (χ1v) is 5.26. The van der Waals surface area contributed by atoms with Crippen molar-refractivity contribution in [2.45, 2.75) is 19.5 Å². The SMILES string of the molecule is CCNc1ncc(Cl)c(OCCC(F)(F)F)n1. The van der Waals surface area contributed by atoms with Crippen molar-refractivity contribution in [1.82, 2.24) is 9.97 Å². The molecule has 0 aliphatic heterocycles. The van der Waals surface area contributed by atoms with Crippen molar-refractivity contribution in [3.05, 3.63) is 11.2 Å². The van der Waals surface area contributed by atoms with Crippen molar-refractivity contribution < 1.29 is 17.9 Å². The van der Waals surface area contributed by atoms with Crippen molar-refractivity contribution in [3.8, 4) is 5.88 Å². The number of hydrogen-bond acceptors (Lipinski definition) is 4. The summed E-state index contributed by atoms with van der Waals surface area (Å²) in [6, 6.07) is 0. The molecule has 0 unspecified atom stereocenters. The van der Waals surface area contributed by atoms with Gasteiger partial charge in [0.2, 0.25) is 11.8 Å². The van der Waals surface area contributed by atoms with Gasteiger partial charge in [-0.3, -0.25) is 0 Å². The summed E-state index contributed by atoms with van der Waals surface area (Å²) in [4.78, 5) is 7.67. The molecule has 1 rings (SSSR count). The highest BCUT2D eigenvalue weighted by atomic mass is 35.5. The highest BCUT2D eigenvalue weighted by Gasteiger charge is 2.27. The summed E-state index contributed by atoms with van der Waals surface area (Å²) in [6.45, 7) is 1.90. The van der Waals surface area contributed by atoms with Crippen molar-refractivity contribution >= 4 is 17.5 Å². The van der Waals surface area contributed by atoms with Crippen LogP contribution in [-0.2, 0) is 0 Å². The number of nitrogens with zero attached hydrogens (tertiary/aromatic N) is 2. The zero-order valence-corrected chi connectivity index (χ0v) is 9.77. The molecule has 1 heterocycles. The molecule has 4 nitrogen and oxygen atoms in total. The first-order chi connectivity index (χ1) is 7.92. The van der Waals surface area contributed by atoms with Crippen LogP contribution in [0.3, 0.4) is 0 Å². The average Bonchev–Trinajstić information content (AvgIpc) is 2.21. The fourth-order valence-electron chi connectivity index (χ4n) is 0.959. The molecule has 1 aromatic rings. The van der Waals surface area contributed by atoms with Crippen molar-refractivity contribution in [3.63, 3.8) is 0 Å². The maximum Gasteiger partial charge on any atom is 0.392 e. The maximum atomic E-state index is 11.9. The van der Waals surface area contributed by atoms with E-state index in [0.29, 0.717) is 6.54 Å². The molecule has 0 fully saturated rings. The van der Waals surface area contributed by atoms with Crippen LogP contribution in [0.2, 0.25) is 5.02 Å². The molecule has 0 radical (unpaired) electrons. The summed E-state index contributed by atoms with van der Waals surface area (Å²) in [7, 11) is 0. The first kappa shape index (κ1) is 13.8. The largest absolute Gasteiger partial charge is 0.476 e. The van der Waals surface area contributed by atoms with Crippen LogP contribution >= 0.6 is 11.6 Å². The Morgan fingerprint density at radius 1 is 1.47 bits per heavy atom. The third kappa shape index (κ3) is 5.08. The molecule has 0 amide bonds. The molecule has 1 aromatic heterocycles. The van der Waals surface area contributed by atoms with Crippen LogP contribution in [0.4, 0.5) is 19.1 Å². The predicted molar refractivity (Wildman–Crippen MR) is 57.4 cm³/mol. The normalized spacial score (nSPS) is 11.4. The van der Waals surface area contributed by atoms with Crippen molar-refractivity contribution in [2.24, 2.45) is 0 Å². The summed E-state index contributed by atoms with van der Waals surface area (Å²) >= 11 is 5.69. The molecule has 0 atom stereocenters. The van der Waals surface area contributed by atoms with Gasteiger partial charge in [0.05, 0.1) is 19.2 Å². The number of aromatic nitrogens is 2. The highest BCUT2D eigenvalue weighted by Crippen LogP contribution is 2.24. The summed E-state index contributed by atoms with van der Waals surface area (Å²) in [5.41, 5.74) is 0. The second-order valence-corrected chi connectivity index (χ2v) is 3.50. The Bertz CT molecular complexity index is 373. The lowest BCUT2D eigenvalue weighted by Crippen LogP contribution is -2.14. The van der Waals surface area contributed by atoms with Gasteiger partial charge in [-0.1, -0.05) is 11.6 Å². The number of halogens is 4. The smallest absolute Gasteiger partial charge is 0.392 e. The predicted octanol–water partition coefficient (Wildman–Crippen LogP) is 2.89. The Kier molecular flexibility index (Phi) is 4.80. The van der Waals surface area contributed by atoms with Gasteiger partial charge in [0.1, 0.15) is 5.02 Å². The third-order valence-electron chi connectivity index (χ3n) is 1.67. The number of rotatable bonds is 5. The summed E-state index contributed by atoms with van der Waals surface area (Å²) in [5.74, 6) is 0.209. The minimum absolute atomic E-state index is 0.0538. The minimum atomic E-state index is -4.26. The molecular weight excluding hydrogens is 259 g/mol. The van der Waals surface area contributed by atoms with Gasteiger partial charge in [-0.15, -0.1) is 0 Å².